The van der Waals surface area contributed by atoms with Crippen molar-refractivity contribution in [3.8, 4) is 6.07 Å². The molecule has 124 valence electrons. The van der Waals surface area contributed by atoms with Gasteiger partial charge in [0.2, 0.25) is 5.91 Å². The van der Waals surface area contributed by atoms with Gasteiger partial charge in [0, 0.05) is 18.0 Å². The van der Waals surface area contributed by atoms with E-state index in [1.54, 1.807) is 6.08 Å². The van der Waals surface area contributed by atoms with E-state index < -0.39 is 0 Å². The van der Waals surface area contributed by atoms with Gasteiger partial charge in [0.05, 0.1) is 18.7 Å². The van der Waals surface area contributed by atoms with Gasteiger partial charge in [0.15, 0.2) is 0 Å². The van der Waals surface area contributed by atoms with Gasteiger partial charge >= 0.3 is 0 Å². The minimum absolute atomic E-state index is 0.00212. The number of aryl methyl sites for hydroxylation is 1. The van der Waals surface area contributed by atoms with Crippen LogP contribution in [0.4, 0.5) is 5.00 Å². The second-order valence-electron chi connectivity index (χ2n) is 5.68. The number of carbonyl (C=O) groups is 1. The maximum Gasteiger partial charge on any atom is 0.239 e. The monoisotopic (exact) mass is 333 g/mol. The van der Waals surface area contributed by atoms with E-state index in [9.17, 15) is 10.1 Å². The highest BCUT2D eigenvalue weighted by Gasteiger charge is 2.21. The fraction of sp³-hybridized carbons (Fsp3) is 0.529. The van der Waals surface area contributed by atoms with Crippen LogP contribution >= 0.6 is 11.3 Å². The predicted molar refractivity (Wildman–Crippen MR) is 92.6 cm³/mol. The average molecular weight is 333 g/mol. The van der Waals surface area contributed by atoms with Gasteiger partial charge in [-0.3, -0.25) is 9.69 Å². The molecule has 1 aliphatic carbocycles. The largest absolute Gasteiger partial charge is 0.395 e. The second kappa shape index (κ2) is 8.82. The molecule has 1 amide bonds. The smallest absolute Gasteiger partial charge is 0.239 e. The number of thiophene rings is 1. The van der Waals surface area contributed by atoms with Crippen molar-refractivity contribution in [1.29, 1.82) is 5.26 Å². The van der Waals surface area contributed by atoms with Crippen molar-refractivity contribution in [3.05, 3.63) is 28.7 Å². The Balaban J connectivity index is 2.09. The van der Waals surface area contributed by atoms with Crippen molar-refractivity contribution in [2.75, 3.05) is 31.6 Å². The topological polar surface area (TPSA) is 76.4 Å². The summed E-state index contributed by atoms with van der Waals surface area (Å²) in [6.07, 6.45) is 7.09. The molecule has 1 aromatic heterocycles. The van der Waals surface area contributed by atoms with E-state index in [2.05, 4.69) is 18.0 Å². The number of nitrogens with one attached hydrogen (secondary N) is 1. The third-order valence-corrected chi connectivity index (χ3v) is 5.16. The van der Waals surface area contributed by atoms with Crippen LogP contribution in [0.1, 0.15) is 35.3 Å². The molecule has 2 rings (SSSR count). The Morgan fingerprint density at radius 3 is 2.91 bits per heavy atom. The summed E-state index contributed by atoms with van der Waals surface area (Å²) in [4.78, 5) is 15.3. The number of nitriles is 1. The Morgan fingerprint density at radius 1 is 1.43 bits per heavy atom. The summed E-state index contributed by atoms with van der Waals surface area (Å²) in [5.74, 6) is -0.159. The lowest BCUT2D eigenvalue weighted by Gasteiger charge is -2.18. The molecule has 1 aromatic rings. The lowest BCUT2D eigenvalue weighted by molar-refractivity contribution is -0.117. The molecular weight excluding hydrogens is 310 g/mol. The molecule has 0 atom stereocenters. The Bertz CT molecular complexity index is 604. The van der Waals surface area contributed by atoms with Gasteiger partial charge in [-0.1, -0.05) is 12.5 Å². The summed E-state index contributed by atoms with van der Waals surface area (Å²) in [6, 6.07) is 2.27. The molecule has 0 spiro atoms. The Kier molecular flexibility index (Phi) is 6.78. The molecule has 0 bridgehead atoms. The Labute approximate surface area is 141 Å². The van der Waals surface area contributed by atoms with E-state index in [0.29, 0.717) is 23.7 Å². The van der Waals surface area contributed by atoms with E-state index in [4.69, 9.17) is 5.11 Å². The first-order chi connectivity index (χ1) is 11.2. The van der Waals surface area contributed by atoms with Crippen LogP contribution in [0, 0.1) is 11.3 Å². The summed E-state index contributed by atoms with van der Waals surface area (Å²) in [5.41, 5.74) is 1.77. The highest BCUT2D eigenvalue weighted by Crippen LogP contribution is 2.36. The number of aliphatic hydroxyl groups is 1. The Morgan fingerprint density at radius 2 is 2.22 bits per heavy atom. The number of carbonyl (C=O) groups excluding carboxylic acids is 1. The molecule has 1 aliphatic rings. The van der Waals surface area contributed by atoms with Crippen molar-refractivity contribution < 1.29 is 9.90 Å². The van der Waals surface area contributed by atoms with Gasteiger partial charge in [-0.05, 0) is 31.2 Å². The van der Waals surface area contributed by atoms with Gasteiger partial charge in [-0.25, -0.2) is 0 Å². The van der Waals surface area contributed by atoms with Gasteiger partial charge in [0.25, 0.3) is 0 Å². The van der Waals surface area contributed by atoms with Gasteiger partial charge < -0.3 is 10.4 Å². The van der Waals surface area contributed by atoms with Crippen LogP contribution in [0.15, 0.2) is 12.7 Å². The summed E-state index contributed by atoms with van der Waals surface area (Å²) >= 11 is 1.54. The maximum absolute atomic E-state index is 12.2. The third-order valence-electron chi connectivity index (χ3n) is 3.96. The van der Waals surface area contributed by atoms with E-state index in [-0.39, 0.29) is 19.1 Å². The number of aliphatic hydroxyl groups excluding tert-OH is 1. The summed E-state index contributed by atoms with van der Waals surface area (Å²) in [7, 11) is 0. The van der Waals surface area contributed by atoms with Crippen molar-refractivity contribution in [3.63, 3.8) is 0 Å². The molecule has 0 radical (unpaired) electrons. The lowest BCUT2D eigenvalue weighted by Crippen LogP contribution is -2.35. The van der Waals surface area contributed by atoms with E-state index in [0.717, 1.165) is 31.2 Å². The van der Waals surface area contributed by atoms with Crippen LogP contribution in [0.2, 0.25) is 0 Å². The van der Waals surface area contributed by atoms with Crippen LogP contribution in [0.25, 0.3) is 0 Å². The first-order valence-corrected chi connectivity index (χ1v) is 8.79. The number of anilines is 1. The fourth-order valence-corrected chi connectivity index (χ4v) is 4.13. The van der Waals surface area contributed by atoms with Crippen LogP contribution in [-0.2, 0) is 17.6 Å². The van der Waals surface area contributed by atoms with E-state index >= 15 is 0 Å². The number of amides is 1. The molecule has 0 unspecified atom stereocenters. The lowest BCUT2D eigenvalue weighted by atomic mass is 10.1. The Hall–Kier alpha value is -1.68. The normalized spacial score (nSPS) is 14.0. The number of fused-ring (bicyclic) bond motifs is 1. The third kappa shape index (κ3) is 4.64. The average Bonchev–Trinajstić information content (AvgIpc) is 2.68. The molecule has 2 N–H and O–H groups in total. The highest BCUT2D eigenvalue weighted by atomic mass is 32.1. The number of nitrogens with zero attached hydrogens (tertiary/aromatic N) is 2. The van der Waals surface area contributed by atoms with Crippen molar-refractivity contribution in [2.24, 2.45) is 0 Å². The highest BCUT2D eigenvalue weighted by molar-refractivity contribution is 7.16. The van der Waals surface area contributed by atoms with Crippen molar-refractivity contribution in [1.82, 2.24) is 4.90 Å². The first kappa shape index (κ1) is 17.7. The standard InChI is InChI=1S/C17H23N3O2S/c1-2-8-20(9-10-21)12-16(22)19-17-14(11-18)13-6-4-3-5-7-15(13)23-17/h2,21H,1,3-10,12H2,(H,19,22). The van der Waals surface area contributed by atoms with Crippen LogP contribution in [0.5, 0.6) is 0 Å². The molecule has 0 saturated heterocycles. The number of hydrogen-bond acceptors (Lipinski definition) is 5. The molecular formula is C17H23N3O2S. The molecule has 23 heavy (non-hydrogen) atoms. The molecule has 6 heteroatoms. The van der Waals surface area contributed by atoms with Gasteiger partial charge in [-0.2, -0.15) is 5.26 Å². The molecule has 0 aromatic carbocycles. The minimum Gasteiger partial charge on any atom is -0.395 e. The van der Waals surface area contributed by atoms with Crippen LogP contribution < -0.4 is 5.32 Å². The predicted octanol–water partition coefficient (Wildman–Crippen LogP) is 2.31. The van der Waals surface area contributed by atoms with E-state index in [1.165, 1.54) is 22.6 Å². The number of hydrogen-bond donors (Lipinski definition) is 2. The summed E-state index contributed by atoms with van der Waals surface area (Å²) < 4.78 is 0. The fourth-order valence-electron chi connectivity index (χ4n) is 2.88. The zero-order valence-corrected chi connectivity index (χ0v) is 14.1. The zero-order chi connectivity index (χ0) is 16.7. The molecule has 1 heterocycles. The van der Waals surface area contributed by atoms with Crippen molar-refractivity contribution >= 4 is 22.2 Å². The molecule has 5 nitrogen and oxygen atoms in total. The SMILES string of the molecule is C=CCN(CCO)CC(=O)Nc1sc2c(c1C#N)CCCCC2. The maximum atomic E-state index is 12.2. The molecule has 0 saturated carbocycles. The van der Waals surface area contributed by atoms with Crippen molar-refractivity contribution in [2.45, 2.75) is 32.1 Å². The quantitative estimate of drug-likeness (QED) is 0.593. The van der Waals surface area contributed by atoms with Crippen LogP contribution in [0.3, 0.4) is 0 Å². The zero-order valence-electron chi connectivity index (χ0n) is 13.3. The minimum atomic E-state index is -0.159. The van der Waals surface area contributed by atoms with Crippen LogP contribution in [-0.4, -0.2) is 42.2 Å². The number of rotatable bonds is 7. The van der Waals surface area contributed by atoms with Gasteiger partial charge in [0.1, 0.15) is 11.1 Å². The van der Waals surface area contributed by atoms with Gasteiger partial charge in [-0.15, -0.1) is 17.9 Å². The summed E-state index contributed by atoms with van der Waals surface area (Å²) in [5, 5.41) is 22.1. The molecule has 0 fully saturated rings. The molecule has 0 aliphatic heterocycles. The second-order valence-corrected chi connectivity index (χ2v) is 6.78. The summed E-state index contributed by atoms with van der Waals surface area (Å²) in [6.45, 7) is 4.80. The first-order valence-electron chi connectivity index (χ1n) is 7.98. The van der Waals surface area contributed by atoms with E-state index in [1.807, 2.05) is 4.90 Å².